The highest BCUT2D eigenvalue weighted by atomic mass is 32.2. The van der Waals surface area contributed by atoms with Gasteiger partial charge in [0.1, 0.15) is 0 Å². The average molecular weight is 283 g/mol. The Morgan fingerprint density at radius 3 is 2.16 bits per heavy atom. The first-order valence-corrected chi connectivity index (χ1v) is 8.66. The Labute approximate surface area is 117 Å². The van der Waals surface area contributed by atoms with Gasteiger partial charge >= 0.3 is 0 Å². The molecule has 0 radical (unpaired) electrons. The molecule has 1 N–H and O–H groups in total. The van der Waals surface area contributed by atoms with E-state index < -0.39 is 9.84 Å². The maximum absolute atomic E-state index is 12.1. The van der Waals surface area contributed by atoms with Gasteiger partial charge in [-0.15, -0.1) is 0 Å². The summed E-state index contributed by atoms with van der Waals surface area (Å²) in [5.41, 5.74) is 2.23. The normalized spacial score (nSPS) is 13.7. The monoisotopic (exact) mass is 283 g/mol. The molecule has 0 aromatic heterocycles. The van der Waals surface area contributed by atoms with E-state index >= 15 is 0 Å². The molecule has 0 spiro atoms. The molecule has 3 nitrogen and oxygen atoms in total. The second kappa shape index (κ2) is 7.06. The molecular weight excluding hydrogens is 258 g/mol. The van der Waals surface area contributed by atoms with Crippen LogP contribution in [0.4, 0.5) is 0 Å². The summed E-state index contributed by atoms with van der Waals surface area (Å²) in [5.74, 6) is 0.591. The van der Waals surface area contributed by atoms with Crippen LogP contribution in [0.1, 0.15) is 37.9 Å². The van der Waals surface area contributed by atoms with Crippen LogP contribution in [0.3, 0.4) is 0 Å². The van der Waals surface area contributed by atoms with Crippen molar-refractivity contribution in [2.75, 3.05) is 18.1 Å². The van der Waals surface area contributed by atoms with Gasteiger partial charge in [-0.25, -0.2) is 8.42 Å². The topological polar surface area (TPSA) is 46.2 Å². The molecule has 0 fully saturated rings. The Bertz CT molecular complexity index is 477. The van der Waals surface area contributed by atoms with E-state index in [0.29, 0.717) is 0 Å². The van der Waals surface area contributed by atoms with Gasteiger partial charge in [-0.05, 0) is 24.9 Å². The van der Waals surface area contributed by atoms with E-state index in [-0.39, 0.29) is 23.5 Å². The molecule has 108 valence electrons. The van der Waals surface area contributed by atoms with Gasteiger partial charge in [0.2, 0.25) is 0 Å². The number of benzene rings is 1. The number of hydrogen-bond acceptors (Lipinski definition) is 3. The van der Waals surface area contributed by atoms with E-state index in [9.17, 15) is 8.42 Å². The first-order chi connectivity index (χ1) is 8.84. The molecule has 0 aliphatic rings. The third-order valence-electron chi connectivity index (χ3n) is 2.94. The molecule has 0 heterocycles. The zero-order valence-corrected chi connectivity index (χ0v) is 13.1. The predicted molar refractivity (Wildman–Crippen MR) is 81.1 cm³/mol. The Morgan fingerprint density at radius 1 is 1.11 bits per heavy atom. The molecule has 19 heavy (non-hydrogen) atoms. The third kappa shape index (κ3) is 5.74. The molecule has 1 aromatic rings. The molecule has 0 bridgehead atoms. The van der Waals surface area contributed by atoms with Gasteiger partial charge in [-0.1, -0.05) is 50.6 Å². The Balaban J connectivity index is 2.86. The zero-order chi connectivity index (χ0) is 14.5. The fourth-order valence-electron chi connectivity index (χ4n) is 2.15. The van der Waals surface area contributed by atoms with Crippen molar-refractivity contribution in [2.24, 2.45) is 5.92 Å². The molecule has 1 aromatic carbocycles. The standard InChI is InChI=1S/C15H25NO2S/c1-5-16-15(11-19(17,18)10-12(2)3)14-8-6-13(4)7-9-14/h6-9,12,15-16H,5,10-11H2,1-4H3. The van der Waals surface area contributed by atoms with E-state index in [1.165, 1.54) is 5.56 Å². The van der Waals surface area contributed by atoms with Crippen LogP contribution in [-0.4, -0.2) is 26.5 Å². The van der Waals surface area contributed by atoms with Crippen LogP contribution >= 0.6 is 0 Å². The number of sulfone groups is 1. The lowest BCUT2D eigenvalue weighted by Crippen LogP contribution is -2.30. The van der Waals surface area contributed by atoms with E-state index in [1.807, 2.05) is 52.0 Å². The van der Waals surface area contributed by atoms with E-state index in [1.54, 1.807) is 0 Å². The summed E-state index contributed by atoms with van der Waals surface area (Å²) < 4.78 is 24.3. The molecule has 1 rings (SSSR count). The van der Waals surface area contributed by atoms with Gasteiger partial charge in [0.25, 0.3) is 0 Å². The van der Waals surface area contributed by atoms with E-state index in [2.05, 4.69) is 5.32 Å². The van der Waals surface area contributed by atoms with Crippen molar-refractivity contribution in [1.29, 1.82) is 0 Å². The van der Waals surface area contributed by atoms with Crippen molar-refractivity contribution in [3.05, 3.63) is 35.4 Å². The first kappa shape index (κ1) is 16.2. The summed E-state index contributed by atoms with van der Waals surface area (Å²) >= 11 is 0. The molecule has 0 amide bonds. The fourth-order valence-corrected chi connectivity index (χ4v) is 4.12. The van der Waals surface area contributed by atoms with Crippen LogP contribution in [0.15, 0.2) is 24.3 Å². The quantitative estimate of drug-likeness (QED) is 0.837. The molecule has 1 atom stereocenters. The number of aryl methyl sites for hydroxylation is 1. The summed E-state index contributed by atoms with van der Waals surface area (Å²) in [6, 6.07) is 7.94. The van der Waals surface area contributed by atoms with Crippen molar-refractivity contribution in [2.45, 2.75) is 33.7 Å². The highest BCUT2D eigenvalue weighted by Gasteiger charge is 2.21. The summed E-state index contributed by atoms with van der Waals surface area (Å²) in [4.78, 5) is 0. The Hall–Kier alpha value is -0.870. The Morgan fingerprint density at radius 2 is 1.68 bits per heavy atom. The van der Waals surface area contributed by atoms with Crippen LogP contribution in [-0.2, 0) is 9.84 Å². The van der Waals surface area contributed by atoms with Gasteiger partial charge in [-0.2, -0.15) is 0 Å². The van der Waals surface area contributed by atoms with Crippen LogP contribution in [0.2, 0.25) is 0 Å². The molecular formula is C15H25NO2S. The largest absolute Gasteiger partial charge is 0.309 e. The lowest BCUT2D eigenvalue weighted by Gasteiger charge is -2.19. The molecule has 0 aliphatic heterocycles. The maximum Gasteiger partial charge on any atom is 0.152 e. The van der Waals surface area contributed by atoms with Crippen LogP contribution in [0.5, 0.6) is 0 Å². The highest BCUT2D eigenvalue weighted by molar-refractivity contribution is 7.91. The average Bonchev–Trinajstić information content (AvgIpc) is 2.27. The summed E-state index contributed by atoms with van der Waals surface area (Å²) in [6.07, 6.45) is 0. The number of rotatable bonds is 7. The molecule has 0 saturated carbocycles. The van der Waals surface area contributed by atoms with Gasteiger partial charge in [-0.3, -0.25) is 0 Å². The zero-order valence-electron chi connectivity index (χ0n) is 12.3. The van der Waals surface area contributed by atoms with Crippen molar-refractivity contribution in [3.63, 3.8) is 0 Å². The molecule has 0 aliphatic carbocycles. The van der Waals surface area contributed by atoms with Crippen LogP contribution in [0.25, 0.3) is 0 Å². The van der Waals surface area contributed by atoms with E-state index in [0.717, 1.165) is 12.1 Å². The van der Waals surface area contributed by atoms with Gasteiger partial charge in [0.05, 0.1) is 11.5 Å². The van der Waals surface area contributed by atoms with Crippen molar-refractivity contribution in [1.82, 2.24) is 5.32 Å². The molecule has 1 unspecified atom stereocenters. The van der Waals surface area contributed by atoms with E-state index in [4.69, 9.17) is 0 Å². The van der Waals surface area contributed by atoms with Crippen LogP contribution in [0, 0.1) is 12.8 Å². The smallest absolute Gasteiger partial charge is 0.152 e. The van der Waals surface area contributed by atoms with Gasteiger partial charge < -0.3 is 5.32 Å². The first-order valence-electron chi connectivity index (χ1n) is 6.84. The molecule has 4 heteroatoms. The van der Waals surface area contributed by atoms with Crippen molar-refractivity contribution in [3.8, 4) is 0 Å². The predicted octanol–water partition coefficient (Wildman–Crippen LogP) is 2.72. The van der Waals surface area contributed by atoms with Crippen molar-refractivity contribution < 1.29 is 8.42 Å². The fraction of sp³-hybridized carbons (Fsp3) is 0.600. The number of hydrogen-bond donors (Lipinski definition) is 1. The Kier molecular flexibility index (Phi) is 6.01. The minimum atomic E-state index is -3.02. The summed E-state index contributed by atoms with van der Waals surface area (Å²) in [6.45, 7) is 8.66. The van der Waals surface area contributed by atoms with Crippen LogP contribution < -0.4 is 5.32 Å². The lowest BCUT2D eigenvalue weighted by atomic mass is 10.1. The maximum atomic E-state index is 12.1. The molecule has 0 saturated heterocycles. The minimum Gasteiger partial charge on any atom is -0.309 e. The SMILES string of the molecule is CCNC(CS(=O)(=O)CC(C)C)c1ccc(C)cc1. The summed E-state index contributed by atoms with van der Waals surface area (Å²) in [5, 5.41) is 3.27. The second-order valence-electron chi connectivity index (χ2n) is 5.49. The number of nitrogens with one attached hydrogen (secondary N) is 1. The second-order valence-corrected chi connectivity index (χ2v) is 7.65. The van der Waals surface area contributed by atoms with Gasteiger partial charge in [0, 0.05) is 6.04 Å². The highest BCUT2D eigenvalue weighted by Crippen LogP contribution is 2.17. The van der Waals surface area contributed by atoms with Gasteiger partial charge in [0.15, 0.2) is 9.84 Å². The lowest BCUT2D eigenvalue weighted by molar-refractivity contribution is 0.551. The third-order valence-corrected chi connectivity index (χ3v) is 4.95. The summed E-state index contributed by atoms with van der Waals surface area (Å²) in [7, 11) is -3.02. The minimum absolute atomic E-state index is 0.116. The van der Waals surface area contributed by atoms with Crippen molar-refractivity contribution >= 4 is 9.84 Å².